The molecule has 54 valence electrons. The molecule has 0 rings (SSSR count). The molecular formula is C6H13NO2. The molecule has 0 bridgehead atoms. The van der Waals surface area contributed by atoms with Crippen LogP contribution in [0.4, 0.5) is 0 Å². The molecule has 0 heterocycles. The molecule has 0 aromatic carbocycles. The Hall–Kier alpha value is -0.570. The molecule has 0 radical (unpaired) electrons. The Balaban J connectivity index is 3.72. The molecule has 0 aromatic rings. The van der Waals surface area contributed by atoms with Crippen LogP contribution in [0.25, 0.3) is 0 Å². The van der Waals surface area contributed by atoms with E-state index in [9.17, 15) is 4.79 Å². The molecule has 3 nitrogen and oxygen atoms in total. The maximum atomic E-state index is 10.2. The van der Waals surface area contributed by atoms with E-state index in [0.29, 0.717) is 0 Å². The number of aliphatic carboxylic acids is 1. The van der Waals surface area contributed by atoms with Crippen molar-refractivity contribution in [2.45, 2.75) is 26.3 Å². The highest BCUT2D eigenvalue weighted by Crippen LogP contribution is 2.04. The highest BCUT2D eigenvalue weighted by Gasteiger charge is 2.17. The molecule has 0 saturated carbocycles. The molecular weight excluding hydrogens is 124 g/mol. The van der Waals surface area contributed by atoms with Gasteiger partial charge in [-0.05, 0) is 5.92 Å². The second kappa shape index (κ2) is 3.45. The Labute approximate surface area is 54.9 Å². The van der Waals surface area contributed by atoms with Crippen molar-refractivity contribution >= 4 is 5.97 Å². The minimum absolute atomic E-state index is 0.0718. The summed E-state index contributed by atoms with van der Waals surface area (Å²) in [7, 11) is 0. The standard InChI is InChI=1S/C6H13NO2/c1-3-4(2)5(7)6(8)9/h4-5H,3,7H2,1-2H3,(H,8,9)/t4-,5+/m1/s1/i1+1,2+1,3+1,4+1,5+1,6+1. The zero-order valence-electron chi connectivity index (χ0n) is 5.79. The molecule has 0 aliphatic rings. The first kappa shape index (κ1) is 8.43. The van der Waals surface area contributed by atoms with Crippen LogP contribution in [0.1, 0.15) is 20.3 Å². The number of rotatable bonds is 3. The molecule has 0 aliphatic carbocycles. The van der Waals surface area contributed by atoms with Gasteiger partial charge in [-0.15, -0.1) is 0 Å². The fraction of sp³-hybridized carbons (Fsp3) is 0.833. The summed E-state index contributed by atoms with van der Waals surface area (Å²) in [5.74, 6) is -0.841. The lowest BCUT2D eigenvalue weighted by Crippen LogP contribution is -2.36. The Bertz CT molecular complexity index is 103. The van der Waals surface area contributed by atoms with Crippen molar-refractivity contribution in [2.24, 2.45) is 11.7 Å². The van der Waals surface area contributed by atoms with Gasteiger partial charge < -0.3 is 10.8 Å². The van der Waals surface area contributed by atoms with E-state index in [4.69, 9.17) is 10.8 Å². The lowest BCUT2D eigenvalue weighted by molar-refractivity contribution is -0.139. The van der Waals surface area contributed by atoms with Crippen LogP contribution in [0.15, 0.2) is 0 Å². The molecule has 3 heteroatoms. The van der Waals surface area contributed by atoms with E-state index in [1.165, 1.54) is 0 Å². The van der Waals surface area contributed by atoms with Crippen molar-refractivity contribution in [1.29, 1.82) is 0 Å². The van der Waals surface area contributed by atoms with Crippen LogP contribution in [0.2, 0.25) is 0 Å². The molecule has 0 amide bonds. The average molecular weight is 137 g/mol. The Morgan fingerprint density at radius 3 is 2.33 bits per heavy atom. The van der Waals surface area contributed by atoms with E-state index >= 15 is 0 Å². The van der Waals surface area contributed by atoms with Crippen LogP contribution >= 0.6 is 0 Å². The van der Waals surface area contributed by atoms with Gasteiger partial charge in [0.1, 0.15) is 6.04 Å². The van der Waals surface area contributed by atoms with Crippen LogP contribution < -0.4 is 5.73 Å². The molecule has 3 N–H and O–H groups in total. The molecule has 9 heavy (non-hydrogen) atoms. The summed E-state index contributed by atoms with van der Waals surface area (Å²) in [6, 6.07) is -0.699. The first-order valence-corrected chi connectivity index (χ1v) is 3.08. The number of hydrogen-bond donors (Lipinski definition) is 2. The molecule has 0 aliphatic heterocycles. The third-order valence-corrected chi connectivity index (χ3v) is 1.54. The Kier molecular flexibility index (Phi) is 3.24. The average Bonchev–Trinajstić information content (AvgIpc) is 1.84. The van der Waals surface area contributed by atoms with E-state index < -0.39 is 12.0 Å². The highest BCUT2D eigenvalue weighted by atomic mass is 16.5. The summed E-state index contributed by atoms with van der Waals surface area (Å²) in [6.07, 6.45) is 0.813. The number of carbonyl (C=O) groups is 1. The van der Waals surface area contributed by atoms with Crippen molar-refractivity contribution in [3.63, 3.8) is 0 Å². The largest absolute Gasteiger partial charge is 0.480 e. The fourth-order valence-electron chi connectivity index (χ4n) is 0.497. The molecule has 0 unspecified atom stereocenters. The lowest BCUT2D eigenvalue weighted by Gasteiger charge is -2.11. The van der Waals surface area contributed by atoms with E-state index in [0.717, 1.165) is 6.42 Å². The third-order valence-electron chi connectivity index (χ3n) is 1.54. The van der Waals surface area contributed by atoms with Gasteiger partial charge in [0.05, 0.1) is 0 Å². The van der Waals surface area contributed by atoms with Crippen LogP contribution in [-0.4, -0.2) is 17.1 Å². The minimum Gasteiger partial charge on any atom is -0.480 e. The van der Waals surface area contributed by atoms with Gasteiger partial charge >= 0.3 is 5.97 Å². The summed E-state index contributed by atoms with van der Waals surface area (Å²) in [5, 5.41) is 8.36. The molecule has 0 fully saturated rings. The van der Waals surface area contributed by atoms with Gasteiger partial charge in [-0.2, -0.15) is 0 Å². The summed E-state index contributed by atoms with van der Waals surface area (Å²) >= 11 is 0. The number of carboxylic acids is 1. The monoisotopic (exact) mass is 137 g/mol. The molecule has 0 spiro atoms. The van der Waals surface area contributed by atoms with E-state index in [-0.39, 0.29) is 5.92 Å². The zero-order chi connectivity index (χ0) is 7.44. The molecule has 0 aromatic heterocycles. The van der Waals surface area contributed by atoms with Crippen LogP contribution in [0.3, 0.4) is 0 Å². The van der Waals surface area contributed by atoms with Gasteiger partial charge in [0.2, 0.25) is 0 Å². The minimum atomic E-state index is -0.913. The SMILES string of the molecule is [13CH3][13CH2][13C@@H]([13CH3])[13C@H](N)[13C](=O)O. The van der Waals surface area contributed by atoms with Crippen molar-refractivity contribution < 1.29 is 9.90 Å². The summed E-state index contributed by atoms with van der Waals surface area (Å²) < 4.78 is 0. The maximum Gasteiger partial charge on any atom is 0.320 e. The van der Waals surface area contributed by atoms with E-state index in [1.807, 2.05) is 13.8 Å². The zero-order valence-corrected chi connectivity index (χ0v) is 5.79. The normalized spacial score (nSPS) is 16.8. The quantitative estimate of drug-likeness (QED) is 0.555. The first-order chi connectivity index (χ1) is 4.09. The van der Waals surface area contributed by atoms with Crippen molar-refractivity contribution in [2.75, 3.05) is 0 Å². The Morgan fingerprint density at radius 2 is 2.22 bits per heavy atom. The van der Waals surface area contributed by atoms with Crippen LogP contribution in [0.5, 0.6) is 0 Å². The number of hydrogen-bond acceptors (Lipinski definition) is 2. The van der Waals surface area contributed by atoms with Gasteiger partial charge in [-0.3, -0.25) is 4.79 Å². The summed E-state index contributed by atoms with van der Waals surface area (Å²) in [4.78, 5) is 10.2. The topological polar surface area (TPSA) is 63.3 Å². The van der Waals surface area contributed by atoms with Gasteiger partial charge in [-0.25, -0.2) is 0 Å². The molecule has 0 saturated heterocycles. The number of carboxylic acid groups (broad SMARTS) is 1. The summed E-state index contributed by atoms with van der Waals surface area (Å²) in [5.41, 5.74) is 5.27. The predicted octanol–water partition coefficient (Wildman–Crippen LogP) is 0.444. The van der Waals surface area contributed by atoms with E-state index in [2.05, 4.69) is 0 Å². The van der Waals surface area contributed by atoms with Crippen LogP contribution in [-0.2, 0) is 4.79 Å². The van der Waals surface area contributed by atoms with Gasteiger partial charge in [-0.1, -0.05) is 20.3 Å². The highest BCUT2D eigenvalue weighted by molar-refractivity contribution is 5.73. The first-order valence-electron chi connectivity index (χ1n) is 3.08. The second-order valence-corrected chi connectivity index (χ2v) is 2.25. The van der Waals surface area contributed by atoms with Crippen molar-refractivity contribution in [3.05, 3.63) is 0 Å². The van der Waals surface area contributed by atoms with Crippen LogP contribution in [0, 0.1) is 5.92 Å². The van der Waals surface area contributed by atoms with Gasteiger partial charge in [0, 0.05) is 0 Å². The second-order valence-electron chi connectivity index (χ2n) is 2.25. The summed E-state index contributed by atoms with van der Waals surface area (Å²) in [6.45, 7) is 3.76. The lowest BCUT2D eigenvalue weighted by atomic mass is 11.0. The van der Waals surface area contributed by atoms with Gasteiger partial charge in [0.15, 0.2) is 0 Å². The van der Waals surface area contributed by atoms with Gasteiger partial charge in [0.25, 0.3) is 0 Å². The predicted molar refractivity (Wildman–Crippen MR) is 35.1 cm³/mol. The third kappa shape index (κ3) is 2.46. The Morgan fingerprint density at radius 1 is 1.78 bits per heavy atom. The maximum absolute atomic E-state index is 10.2. The van der Waals surface area contributed by atoms with Crippen molar-refractivity contribution in [1.82, 2.24) is 0 Å². The van der Waals surface area contributed by atoms with Crippen molar-refractivity contribution in [3.8, 4) is 0 Å². The fourth-order valence-corrected chi connectivity index (χ4v) is 0.497. The molecule has 2 atom stereocenters. The smallest absolute Gasteiger partial charge is 0.320 e. The number of nitrogens with two attached hydrogens (primary N) is 1. The van der Waals surface area contributed by atoms with E-state index in [1.54, 1.807) is 0 Å².